The molecule has 0 N–H and O–H groups in total. The molecule has 1 saturated heterocycles. The quantitative estimate of drug-likeness (QED) is 0.728. The van der Waals surface area contributed by atoms with Crippen LogP contribution in [0.2, 0.25) is 0 Å². The Morgan fingerprint density at radius 2 is 1.75 bits per heavy atom. The predicted molar refractivity (Wildman–Crippen MR) is 85.9 cm³/mol. The van der Waals surface area contributed by atoms with Crippen LogP contribution in [0, 0.1) is 11.8 Å². The summed E-state index contributed by atoms with van der Waals surface area (Å²) in [5, 5.41) is 0. The van der Waals surface area contributed by atoms with Crippen molar-refractivity contribution in [2.24, 2.45) is 11.8 Å². The average Bonchev–Trinajstić information content (AvgIpc) is 2.50. The number of piperazine rings is 1. The fourth-order valence-corrected chi connectivity index (χ4v) is 4.50. The number of allylic oxidation sites excluding steroid dienone is 2. The van der Waals surface area contributed by atoms with Crippen LogP contribution in [0.3, 0.4) is 0 Å². The van der Waals surface area contributed by atoms with Crippen LogP contribution in [0.15, 0.2) is 12.2 Å². The second-order valence-corrected chi connectivity index (χ2v) is 7.32. The van der Waals surface area contributed by atoms with Gasteiger partial charge < -0.3 is 4.90 Å². The molecule has 3 rings (SSSR count). The van der Waals surface area contributed by atoms with Crippen molar-refractivity contribution < 1.29 is 0 Å². The molecule has 3 aliphatic rings. The van der Waals surface area contributed by atoms with Gasteiger partial charge >= 0.3 is 0 Å². The van der Waals surface area contributed by atoms with E-state index in [1.165, 1.54) is 77.7 Å². The van der Waals surface area contributed by atoms with Crippen LogP contribution < -0.4 is 0 Å². The average molecular weight is 276 g/mol. The second-order valence-electron chi connectivity index (χ2n) is 7.32. The zero-order valence-corrected chi connectivity index (χ0v) is 13.3. The minimum Gasteiger partial charge on any atom is -0.301 e. The van der Waals surface area contributed by atoms with E-state index in [1.54, 1.807) is 0 Å². The molecule has 0 radical (unpaired) electrons. The molecule has 2 heteroatoms. The third-order valence-corrected chi connectivity index (χ3v) is 5.84. The standard InChI is InChI=1S/C18H32N2/c1-16-7-5-6-10-18(16)20-13-11-19(12-14-20)15-17-8-3-2-4-9-17/h2-3,16-18H,4-15H2,1H3/t16-,17-,18-/m0/s1. The van der Waals surface area contributed by atoms with Gasteiger partial charge in [-0.15, -0.1) is 0 Å². The van der Waals surface area contributed by atoms with Crippen molar-refractivity contribution in [3.63, 3.8) is 0 Å². The van der Waals surface area contributed by atoms with Crippen molar-refractivity contribution in [1.29, 1.82) is 0 Å². The number of hydrogen-bond donors (Lipinski definition) is 0. The van der Waals surface area contributed by atoms with Gasteiger partial charge in [0.05, 0.1) is 0 Å². The fourth-order valence-electron chi connectivity index (χ4n) is 4.50. The molecule has 3 atom stereocenters. The lowest BCUT2D eigenvalue weighted by Gasteiger charge is -2.44. The summed E-state index contributed by atoms with van der Waals surface area (Å²) in [6.45, 7) is 9.07. The monoisotopic (exact) mass is 276 g/mol. The Morgan fingerprint density at radius 3 is 2.45 bits per heavy atom. The van der Waals surface area contributed by atoms with Crippen molar-refractivity contribution in [2.45, 2.75) is 57.9 Å². The normalized spacial score (nSPS) is 37.1. The molecule has 1 heterocycles. The maximum Gasteiger partial charge on any atom is 0.0122 e. The van der Waals surface area contributed by atoms with Crippen LogP contribution in [0.1, 0.15) is 51.9 Å². The topological polar surface area (TPSA) is 6.48 Å². The second kappa shape index (κ2) is 7.09. The van der Waals surface area contributed by atoms with E-state index in [0.717, 1.165) is 17.9 Å². The molecule has 2 fully saturated rings. The highest BCUT2D eigenvalue weighted by molar-refractivity contribution is 4.92. The van der Waals surface area contributed by atoms with Crippen molar-refractivity contribution in [3.05, 3.63) is 12.2 Å². The molecule has 0 aromatic rings. The van der Waals surface area contributed by atoms with Gasteiger partial charge in [-0.05, 0) is 43.9 Å². The molecule has 1 saturated carbocycles. The Balaban J connectivity index is 1.43. The predicted octanol–water partition coefficient (Wildman–Crippen LogP) is 3.54. The zero-order valence-electron chi connectivity index (χ0n) is 13.3. The van der Waals surface area contributed by atoms with Crippen molar-refractivity contribution in [1.82, 2.24) is 9.80 Å². The molecule has 0 spiro atoms. The Hall–Kier alpha value is -0.340. The third kappa shape index (κ3) is 3.65. The van der Waals surface area contributed by atoms with Gasteiger partial charge in [-0.25, -0.2) is 0 Å². The van der Waals surface area contributed by atoms with Gasteiger partial charge in [0.1, 0.15) is 0 Å². The summed E-state index contributed by atoms with van der Waals surface area (Å²) in [7, 11) is 0. The smallest absolute Gasteiger partial charge is 0.0122 e. The first-order valence-electron chi connectivity index (χ1n) is 8.94. The van der Waals surface area contributed by atoms with Crippen LogP contribution >= 0.6 is 0 Å². The van der Waals surface area contributed by atoms with E-state index in [9.17, 15) is 0 Å². The molecule has 0 aromatic heterocycles. The van der Waals surface area contributed by atoms with E-state index < -0.39 is 0 Å². The van der Waals surface area contributed by atoms with Gasteiger partial charge in [0, 0.05) is 38.8 Å². The zero-order chi connectivity index (χ0) is 13.8. The number of rotatable bonds is 3. The molecule has 114 valence electrons. The Bertz CT molecular complexity index is 317. The summed E-state index contributed by atoms with van der Waals surface area (Å²) in [4.78, 5) is 5.54. The first kappa shape index (κ1) is 14.6. The Kier molecular flexibility index (Phi) is 5.17. The molecular weight excluding hydrogens is 244 g/mol. The summed E-state index contributed by atoms with van der Waals surface area (Å²) in [5.74, 6) is 1.86. The summed E-state index contributed by atoms with van der Waals surface area (Å²) < 4.78 is 0. The lowest BCUT2D eigenvalue weighted by atomic mass is 9.84. The first-order chi connectivity index (χ1) is 9.83. The lowest BCUT2D eigenvalue weighted by molar-refractivity contribution is 0.0481. The van der Waals surface area contributed by atoms with Gasteiger partial charge in [-0.3, -0.25) is 4.90 Å². The Morgan fingerprint density at radius 1 is 0.950 bits per heavy atom. The van der Waals surface area contributed by atoms with Gasteiger partial charge in [0.2, 0.25) is 0 Å². The fraction of sp³-hybridized carbons (Fsp3) is 0.889. The maximum absolute atomic E-state index is 2.81. The Labute approximate surface area is 125 Å². The molecule has 0 unspecified atom stereocenters. The van der Waals surface area contributed by atoms with E-state index in [0.29, 0.717) is 0 Å². The van der Waals surface area contributed by atoms with Crippen molar-refractivity contribution >= 4 is 0 Å². The van der Waals surface area contributed by atoms with E-state index in [-0.39, 0.29) is 0 Å². The lowest BCUT2D eigenvalue weighted by Crippen LogP contribution is -2.53. The molecule has 20 heavy (non-hydrogen) atoms. The van der Waals surface area contributed by atoms with Crippen molar-refractivity contribution in [2.75, 3.05) is 32.7 Å². The summed E-state index contributed by atoms with van der Waals surface area (Å²) in [6.07, 6.45) is 14.6. The number of nitrogens with zero attached hydrogens (tertiary/aromatic N) is 2. The van der Waals surface area contributed by atoms with Crippen LogP contribution in [-0.4, -0.2) is 48.6 Å². The van der Waals surface area contributed by atoms with E-state index >= 15 is 0 Å². The molecule has 0 amide bonds. The minimum atomic E-state index is 0.892. The minimum absolute atomic E-state index is 0.892. The molecule has 2 aliphatic carbocycles. The highest BCUT2D eigenvalue weighted by Gasteiger charge is 2.29. The van der Waals surface area contributed by atoms with Crippen LogP contribution in [-0.2, 0) is 0 Å². The highest BCUT2D eigenvalue weighted by atomic mass is 15.3. The third-order valence-electron chi connectivity index (χ3n) is 5.84. The molecule has 0 bridgehead atoms. The first-order valence-corrected chi connectivity index (χ1v) is 8.94. The molecule has 2 nitrogen and oxygen atoms in total. The van der Waals surface area contributed by atoms with E-state index in [1.807, 2.05) is 0 Å². The highest BCUT2D eigenvalue weighted by Crippen LogP contribution is 2.29. The molecule has 0 aromatic carbocycles. The summed E-state index contributed by atoms with van der Waals surface area (Å²) >= 11 is 0. The van der Waals surface area contributed by atoms with Gasteiger partial charge in [0.15, 0.2) is 0 Å². The van der Waals surface area contributed by atoms with Gasteiger partial charge in [-0.1, -0.05) is 31.9 Å². The van der Waals surface area contributed by atoms with Crippen LogP contribution in [0.25, 0.3) is 0 Å². The molecular formula is C18H32N2. The summed E-state index contributed by atoms with van der Waals surface area (Å²) in [5.41, 5.74) is 0. The maximum atomic E-state index is 2.81. The largest absolute Gasteiger partial charge is 0.301 e. The SMILES string of the molecule is C[C@H]1CCCC[C@@H]1N1CCN(C[C@H]2CC=CCC2)CC1. The summed E-state index contributed by atoms with van der Waals surface area (Å²) in [6, 6.07) is 0.892. The van der Waals surface area contributed by atoms with Gasteiger partial charge in [-0.2, -0.15) is 0 Å². The van der Waals surface area contributed by atoms with Crippen LogP contribution in [0.4, 0.5) is 0 Å². The van der Waals surface area contributed by atoms with E-state index in [2.05, 4.69) is 28.9 Å². The molecule has 1 aliphatic heterocycles. The van der Waals surface area contributed by atoms with E-state index in [4.69, 9.17) is 0 Å². The number of hydrogen-bond acceptors (Lipinski definition) is 2. The van der Waals surface area contributed by atoms with Crippen LogP contribution in [0.5, 0.6) is 0 Å². The van der Waals surface area contributed by atoms with Crippen molar-refractivity contribution in [3.8, 4) is 0 Å². The van der Waals surface area contributed by atoms with Gasteiger partial charge in [0.25, 0.3) is 0 Å².